The summed E-state index contributed by atoms with van der Waals surface area (Å²) in [5.41, 5.74) is 0.916. The van der Waals surface area contributed by atoms with Crippen LogP contribution in [0.5, 0.6) is 0 Å². The van der Waals surface area contributed by atoms with Crippen LogP contribution < -0.4 is 4.90 Å². The quantitative estimate of drug-likeness (QED) is 0.243. The van der Waals surface area contributed by atoms with Gasteiger partial charge in [0.2, 0.25) is 11.8 Å². The lowest BCUT2D eigenvalue weighted by Gasteiger charge is -2.37. The maximum atomic E-state index is 14.8. The summed E-state index contributed by atoms with van der Waals surface area (Å²) in [4.78, 5) is 48.9. The third kappa shape index (κ3) is 5.32. The van der Waals surface area contributed by atoms with Crippen LogP contribution in [0.2, 0.25) is 0 Å². The van der Waals surface area contributed by atoms with Crippen molar-refractivity contribution < 1.29 is 24.2 Å². The van der Waals surface area contributed by atoms with Crippen LogP contribution >= 0.6 is 0 Å². The van der Waals surface area contributed by atoms with E-state index in [4.69, 9.17) is 4.74 Å². The molecular weight excluding hydrogens is 530 g/mol. The summed E-state index contributed by atoms with van der Waals surface area (Å²) in [6.07, 6.45) is 8.02. The van der Waals surface area contributed by atoms with Crippen LogP contribution in [0.3, 0.4) is 0 Å². The highest BCUT2D eigenvalue weighted by atomic mass is 16.5. The van der Waals surface area contributed by atoms with Gasteiger partial charge in [-0.15, -0.1) is 13.2 Å². The lowest BCUT2D eigenvalue weighted by atomic mass is 9.64. The number of aryl methyl sites for hydroxylation is 2. The van der Waals surface area contributed by atoms with Gasteiger partial charge in [0.15, 0.2) is 0 Å². The molecule has 0 radical (unpaired) electrons. The van der Waals surface area contributed by atoms with Crippen molar-refractivity contribution in [1.82, 2.24) is 9.80 Å². The van der Waals surface area contributed by atoms with E-state index in [2.05, 4.69) is 13.2 Å². The highest BCUT2D eigenvalue weighted by Gasteiger charge is 2.79. The van der Waals surface area contributed by atoms with Crippen molar-refractivity contribution in [2.45, 2.75) is 89.9 Å². The Bertz CT molecular complexity index is 1200. The standard InChI is InChI=1S/C34H49N3O5/c1-7-18-35(19-8-2)30(39)27-28-31(40)37(21-12-11-13-22-38)29(34(28)17-16-33(27,10-4)42-34)32(41)36(20-9-3)26-23-24(5)14-15-25(26)6/h7,9,14-15,23,27-29,38H,1,3,8,10-13,16-22H2,2,4-6H3/t27-,28+,29?,33+,34?/m1/s1. The number of anilines is 1. The van der Waals surface area contributed by atoms with Crippen molar-refractivity contribution in [3.05, 3.63) is 54.6 Å². The molecule has 1 aromatic carbocycles. The summed E-state index contributed by atoms with van der Waals surface area (Å²) < 4.78 is 6.99. The summed E-state index contributed by atoms with van der Waals surface area (Å²) in [6.45, 7) is 17.5. The molecule has 2 bridgehead atoms. The Morgan fingerprint density at radius 1 is 1.10 bits per heavy atom. The molecule has 0 aromatic heterocycles. The minimum absolute atomic E-state index is 0.0793. The number of likely N-dealkylation sites (tertiary alicyclic amines) is 1. The summed E-state index contributed by atoms with van der Waals surface area (Å²) in [5.74, 6) is -1.82. The van der Waals surface area contributed by atoms with Gasteiger partial charge in [-0.25, -0.2) is 0 Å². The number of amides is 3. The molecule has 230 valence electrons. The van der Waals surface area contributed by atoms with Gasteiger partial charge in [-0.3, -0.25) is 14.4 Å². The smallest absolute Gasteiger partial charge is 0.253 e. The van der Waals surface area contributed by atoms with Crippen LogP contribution in [0, 0.1) is 25.7 Å². The predicted octanol–water partition coefficient (Wildman–Crippen LogP) is 4.56. The summed E-state index contributed by atoms with van der Waals surface area (Å²) in [5, 5.41) is 9.34. The average Bonchev–Trinajstić information content (AvgIpc) is 3.58. The van der Waals surface area contributed by atoms with E-state index in [1.807, 2.05) is 45.9 Å². The van der Waals surface area contributed by atoms with Crippen molar-refractivity contribution in [1.29, 1.82) is 0 Å². The number of hydrogen-bond donors (Lipinski definition) is 1. The van der Waals surface area contributed by atoms with E-state index in [1.165, 1.54) is 0 Å². The number of benzene rings is 1. The second-order valence-corrected chi connectivity index (χ2v) is 12.2. The molecule has 1 aromatic rings. The van der Waals surface area contributed by atoms with E-state index in [0.29, 0.717) is 51.7 Å². The Morgan fingerprint density at radius 3 is 2.48 bits per heavy atom. The van der Waals surface area contributed by atoms with Gasteiger partial charge >= 0.3 is 0 Å². The Morgan fingerprint density at radius 2 is 1.83 bits per heavy atom. The zero-order chi connectivity index (χ0) is 30.7. The molecule has 5 atom stereocenters. The van der Waals surface area contributed by atoms with Crippen molar-refractivity contribution in [3.63, 3.8) is 0 Å². The second kappa shape index (κ2) is 13.1. The molecule has 8 nitrogen and oxygen atoms in total. The molecule has 8 heteroatoms. The Balaban J connectivity index is 1.82. The minimum Gasteiger partial charge on any atom is -0.396 e. The SMILES string of the molecule is C=CCN(CCC)C(=O)[C@H]1[C@H]2C(=O)N(CCCCCO)C(C(=O)N(CC=C)c3cc(C)ccc3C)C23CC[C@]1(CC)O3. The first-order valence-corrected chi connectivity index (χ1v) is 15.7. The molecule has 3 aliphatic rings. The number of nitrogens with zero attached hydrogens (tertiary/aromatic N) is 3. The predicted molar refractivity (Wildman–Crippen MR) is 165 cm³/mol. The van der Waals surface area contributed by atoms with E-state index in [-0.39, 0.29) is 30.9 Å². The Hall–Kier alpha value is -2.97. The first kappa shape index (κ1) is 32.0. The van der Waals surface area contributed by atoms with Gasteiger partial charge < -0.3 is 24.5 Å². The van der Waals surface area contributed by atoms with Gasteiger partial charge in [-0.1, -0.05) is 38.1 Å². The van der Waals surface area contributed by atoms with Gasteiger partial charge in [-0.05, 0) is 76.0 Å². The minimum atomic E-state index is -1.08. The number of hydrogen-bond acceptors (Lipinski definition) is 5. The van der Waals surface area contributed by atoms with Gasteiger partial charge in [0.1, 0.15) is 11.6 Å². The largest absolute Gasteiger partial charge is 0.396 e. The molecule has 0 saturated carbocycles. The van der Waals surface area contributed by atoms with Gasteiger partial charge in [-0.2, -0.15) is 0 Å². The fourth-order valence-electron chi connectivity index (χ4n) is 7.69. The number of carbonyl (C=O) groups excluding carboxylic acids is 3. The lowest BCUT2D eigenvalue weighted by molar-refractivity contribution is -0.151. The first-order valence-electron chi connectivity index (χ1n) is 15.7. The number of rotatable bonds is 15. The molecule has 3 amide bonds. The van der Waals surface area contributed by atoms with Crippen LogP contribution in [-0.2, 0) is 19.1 Å². The zero-order valence-corrected chi connectivity index (χ0v) is 25.9. The molecule has 0 aliphatic carbocycles. The maximum absolute atomic E-state index is 14.8. The molecule has 42 heavy (non-hydrogen) atoms. The lowest BCUT2D eigenvalue weighted by Crippen LogP contribution is -2.56. The average molecular weight is 580 g/mol. The summed E-state index contributed by atoms with van der Waals surface area (Å²) in [7, 11) is 0. The number of aliphatic hydroxyl groups excluding tert-OH is 1. The van der Waals surface area contributed by atoms with E-state index in [0.717, 1.165) is 29.7 Å². The maximum Gasteiger partial charge on any atom is 0.253 e. The fraction of sp³-hybridized carbons (Fsp3) is 0.618. The summed E-state index contributed by atoms with van der Waals surface area (Å²) in [6, 6.07) is 5.17. The topological polar surface area (TPSA) is 90.4 Å². The number of ether oxygens (including phenoxy) is 1. The molecule has 3 saturated heterocycles. The fourth-order valence-corrected chi connectivity index (χ4v) is 7.69. The molecule has 3 fully saturated rings. The van der Waals surface area contributed by atoms with Gasteiger partial charge in [0, 0.05) is 38.5 Å². The zero-order valence-electron chi connectivity index (χ0n) is 25.9. The first-order chi connectivity index (χ1) is 20.2. The van der Waals surface area contributed by atoms with E-state index < -0.39 is 29.1 Å². The number of fused-ring (bicyclic) bond motifs is 1. The third-order valence-corrected chi connectivity index (χ3v) is 9.63. The van der Waals surface area contributed by atoms with Crippen molar-refractivity contribution >= 4 is 23.4 Å². The van der Waals surface area contributed by atoms with Crippen LogP contribution in [0.15, 0.2) is 43.5 Å². The van der Waals surface area contributed by atoms with Crippen LogP contribution in [0.25, 0.3) is 0 Å². The third-order valence-electron chi connectivity index (χ3n) is 9.63. The molecule has 3 aliphatic heterocycles. The number of carbonyl (C=O) groups is 3. The normalized spacial score (nSPS) is 27.7. The molecular formula is C34H49N3O5. The number of aliphatic hydroxyl groups is 1. The number of unbranched alkanes of at least 4 members (excludes halogenated alkanes) is 2. The van der Waals surface area contributed by atoms with Gasteiger partial charge in [0.25, 0.3) is 5.91 Å². The van der Waals surface area contributed by atoms with Crippen LogP contribution in [-0.4, -0.2) is 82.7 Å². The molecule has 1 spiro atoms. The molecule has 2 unspecified atom stereocenters. The molecule has 3 heterocycles. The van der Waals surface area contributed by atoms with E-state index in [1.54, 1.807) is 26.9 Å². The van der Waals surface area contributed by atoms with Crippen LogP contribution in [0.1, 0.15) is 69.9 Å². The van der Waals surface area contributed by atoms with Crippen LogP contribution in [0.4, 0.5) is 5.69 Å². The monoisotopic (exact) mass is 579 g/mol. The Kier molecular flexibility index (Phi) is 9.99. The van der Waals surface area contributed by atoms with Crippen molar-refractivity contribution in [2.75, 3.05) is 37.7 Å². The van der Waals surface area contributed by atoms with Crippen molar-refractivity contribution in [3.8, 4) is 0 Å². The van der Waals surface area contributed by atoms with Gasteiger partial charge in [0.05, 0.1) is 17.4 Å². The second-order valence-electron chi connectivity index (χ2n) is 12.2. The van der Waals surface area contributed by atoms with E-state index in [9.17, 15) is 19.5 Å². The highest BCUT2D eigenvalue weighted by molar-refractivity contribution is 6.05. The Labute approximate surface area is 251 Å². The summed E-state index contributed by atoms with van der Waals surface area (Å²) >= 11 is 0. The van der Waals surface area contributed by atoms with Crippen molar-refractivity contribution in [2.24, 2.45) is 11.8 Å². The highest BCUT2D eigenvalue weighted by Crippen LogP contribution is 2.64. The molecule has 4 rings (SSSR count). The van der Waals surface area contributed by atoms with E-state index >= 15 is 0 Å². The molecule has 1 N–H and O–H groups in total.